The van der Waals surface area contributed by atoms with Gasteiger partial charge in [0.25, 0.3) is 5.91 Å². The van der Waals surface area contributed by atoms with E-state index in [1.54, 1.807) is 6.07 Å². The van der Waals surface area contributed by atoms with Gasteiger partial charge in [0.2, 0.25) is 0 Å². The van der Waals surface area contributed by atoms with Gasteiger partial charge in [0.1, 0.15) is 18.1 Å². The van der Waals surface area contributed by atoms with Crippen molar-refractivity contribution in [2.24, 2.45) is 0 Å². The van der Waals surface area contributed by atoms with Crippen LogP contribution in [0.2, 0.25) is 0 Å². The molecule has 0 unspecified atom stereocenters. The summed E-state index contributed by atoms with van der Waals surface area (Å²) in [5, 5.41) is 6.70. The summed E-state index contributed by atoms with van der Waals surface area (Å²) in [6.07, 6.45) is 3.28. The molecule has 32 heavy (non-hydrogen) atoms. The molecule has 3 aromatic rings. The topological polar surface area (TPSA) is 76.8 Å². The quantitative estimate of drug-likeness (QED) is 0.459. The Balaban J connectivity index is 1.11. The lowest BCUT2D eigenvalue weighted by Gasteiger charge is -2.15. The molecule has 0 saturated carbocycles. The fourth-order valence-electron chi connectivity index (χ4n) is 3.61. The maximum absolute atomic E-state index is 12.2. The summed E-state index contributed by atoms with van der Waals surface area (Å²) >= 11 is 0. The number of nitrogens with one attached hydrogen (secondary N) is 1. The molecule has 0 spiro atoms. The van der Waals surface area contributed by atoms with Crippen molar-refractivity contribution in [1.82, 2.24) is 15.4 Å². The Bertz CT molecular complexity index is 966. The van der Waals surface area contributed by atoms with Gasteiger partial charge in [0, 0.05) is 24.7 Å². The smallest absolute Gasteiger partial charge is 0.273 e. The first-order chi connectivity index (χ1) is 15.8. The van der Waals surface area contributed by atoms with Gasteiger partial charge in [-0.3, -0.25) is 9.69 Å². The van der Waals surface area contributed by atoms with Crippen LogP contribution in [0.25, 0.3) is 11.3 Å². The SMILES string of the molecule is O=C(NCCCOc1ccc(OCCN2CCCC2)cc1)c1cc(-c2ccccc2)on1. The lowest BCUT2D eigenvalue weighted by atomic mass is 10.1. The molecule has 168 valence electrons. The van der Waals surface area contributed by atoms with Crippen LogP contribution < -0.4 is 14.8 Å². The first-order valence-electron chi connectivity index (χ1n) is 11.2. The van der Waals surface area contributed by atoms with Gasteiger partial charge in [-0.1, -0.05) is 35.5 Å². The van der Waals surface area contributed by atoms with Gasteiger partial charge in [-0.25, -0.2) is 0 Å². The average Bonchev–Trinajstić information content (AvgIpc) is 3.53. The van der Waals surface area contributed by atoms with Crippen LogP contribution in [0.4, 0.5) is 0 Å². The second-order valence-electron chi connectivity index (χ2n) is 7.77. The van der Waals surface area contributed by atoms with E-state index in [4.69, 9.17) is 14.0 Å². The first kappa shape index (κ1) is 21.9. The number of rotatable bonds is 11. The molecular formula is C25H29N3O4. The first-order valence-corrected chi connectivity index (χ1v) is 11.2. The number of likely N-dealkylation sites (tertiary alicyclic amines) is 1. The van der Waals surface area contributed by atoms with Gasteiger partial charge in [-0.05, 0) is 56.6 Å². The molecule has 1 fully saturated rings. The Hall–Kier alpha value is -3.32. The number of carbonyl (C=O) groups is 1. The number of carbonyl (C=O) groups excluding carboxylic acids is 1. The van der Waals surface area contributed by atoms with Gasteiger partial charge in [-0.15, -0.1) is 0 Å². The van der Waals surface area contributed by atoms with E-state index in [0.717, 1.165) is 23.6 Å². The Labute approximate surface area is 188 Å². The summed E-state index contributed by atoms with van der Waals surface area (Å²) < 4.78 is 16.8. The molecule has 7 heteroatoms. The summed E-state index contributed by atoms with van der Waals surface area (Å²) in [5.74, 6) is 1.95. The van der Waals surface area contributed by atoms with Crippen molar-refractivity contribution in [3.8, 4) is 22.8 Å². The largest absolute Gasteiger partial charge is 0.494 e. The summed E-state index contributed by atoms with van der Waals surface area (Å²) in [7, 11) is 0. The molecule has 0 atom stereocenters. The van der Waals surface area contributed by atoms with Gasteiger partial charge in [-0.2, -0.15) is 0 Å². The highest BCUT2D eigenvalue weighted by Crippen LogP contribution is 2.20. The predicted octanol–water partition coefficient (Wildman–Crippen LogP) is 4.02. The molecule has 1 aliphatic heterocycles. The van der Waals surface area contributed by atoms with Crippen molar-refractivity contribution < 1.29 is 18.8 Å². The van der Waals surface area contributed by atoms with E-state index in [-0.39, 0.29) is 11.6 Å². The van der Waals surface area contributed by atoms with Crippen molar-refractivity contribution in [3.63, 3.8) is 0 Å². The van der Waals surface area contributed by atoms with Crippen LogP contribution in [-0.4, -0.2) is 55.4 Å². The van der Waals surface area contributed by atoms with Crippen molar-refractivity contribution in [1.29, 1.82) is 0 Å². The lowest BCUT2D eigenvalue weighted by Crippen LogP contribution is -2.25. The highest BCUT2D eigenvalue weighted by atomic mass is 16.5. The van der Waals surface area contributed by atoms with E-state index in [9.17, 15) is 4.79 Å². The molecule has 1 aromatic heterocycles. The van der Waals surface area contributed by atoms with E-state index in [0.29, 0.717) is 31.9 Å². The molecule has 7 nitrogen and oxygen atoms in total. The molecule has 0 bridgehead atoms. The van der Waals surface area contributed by atoms with Crippen LogP contribution in [-0.2, 0) is 0 Å². The van der Waals surface area contributed by atoms with Crippen molar-refractivity contribution in [3.05, 3.63) is 66.4 Å². The third-order valence-corrected chi connectivity index (χ3v) is 5.38. The fourth-order valence-corrected chi connectivity index (χ4v) is 3.61. The third kappa shape index (κ3) is 6.34. The fraction of sp³-hybridized carbons (Fsp3) is 0.360. The molecular weight excluding hydrogens is 406 g/mol. The van der Waals surface area contributed by atoms with Crippen LogP contribution in [0.3, 0.4) is 0 Å². The number of benzene rings is 2. The van der Waals surface area contributed by atoms with Crippen LogP contribution in [0, 0.1) is 0 Å². The summed E-state index contributed by atoms with van der Waals surface area (Å²) in [6.45, 7) is 5.05. The van der Waals surface area contributed by atoms with Crippen LogP contribution in [0.15, 0.2) is 65.2 Å². The van der Waals surface area contributed by atoms with E-state index in [1.807, 2.05) is 54.6 Å². The number of ether oxygens (including phenoxy) is 2. The summed E-state index contributed by atoms with van der Waals surface area (Å²) in [6, 6.07) is 18.9. The van der Waals surface area contributed by atoms with Crippen LogP contribution >= 0.6 is 0 Å². The highest BCUT2D eigenvalue weighted by Gasteiger charge is 2.13. The molecule has 2 heterocycles. The minimum Gasteiger partial charge on any atom is -0.494 e. The minimum atomic E-state index is -0.258. The van der Waals surface area contributed by atoms with E-state index < -0.39 is 0 Å². The molecule has 1 saturated heterocycles. The monoisotopic (exact) mass is 435 g/mol. The van der Waals surface area contributed by atoms with Gasteiger partial charge in [0.15, 0.2) is 11.5 Å². The van der Waals surface area contributed by atoms with Crippen molar-refractivity contribution in [2.45, 2.75) is 19.3 Å². The predicted molar refractivity (Wildman–Crippen MR) is 122 cm³/mol. The molecule has 0 radical (unpaired) electrons. The van der Waals surface area contributed by atoms with Crippen molar-refractivity contribution in [2.75, 3.05) is 39.4 Å². The van der Waals surface area contributed by atoms with E-state index >= 15 is 0 Å². The number of amides is 1. The van der Waals surface area contributed by atoms with Gasteiger partial charge < -0.3 is 19.3 Å². The van der Waals surface area contributed by atoms with Crippen LogP contribution in [0.5, 0.6) is 11.5 Å². The maximum atomic E-state index is 12.2. The maximum Gasteiger partial charge on any atom is 0.273 e. The average molecular weight is 436 g/mol. The Morgan fingerprint density at radius 1 is 0.969 bits per heavy atom. The summed E-state index contributed by atoms with van der Waals surface area (Å²) in [5.41, 5.74) is 1.15. The molecule has 0 aliphatic carbocycles. The summed E-state index contributed by atoms with van der Waals surface area (Å²) in [4.78, 5) is 14.7. The molecule has 2 aromatic carbocycles. The number of hydrogen-bond acceptors (Lipinski definition) is 6. The normalized spacial score (nSPS) is 13.8. The molecule has 1 aliphatic rings. The molecule has 4 rings (SSSR count). The second kappa shape index (κ2) is 11.3. The number of hydrogen-bond donors (Lipinski definition) is 1. The zero-order chi connectivity index (χ0) is 22.0. The Morgan fingerprint density at radius 2 is 1.66 bits per heavy atom. The second-order valence-corrected chi connectivity index (χ2v) is 7.77. The minimum absolute atomic E-state index is 0.258. The number of nitrogens with zero attached hydrogens (tertiary/aromatic N) is 2. The van der Waals surface area contributed by atoms with Crippen molar-refractivity contribution >= 4 is 5.91 Å². The number of aromatic nitrogens is 1. The van der Waals surface area contributed by atoms with Crippen LogP contribution in [0.1, 0.15) is 29.8 Å². The highest BCUT2D eigenvalue weighted by molar-refractivity contribution is 5.93. The zero-order valence-corrected chi connectivity index (χ0v) is 18.2. The Kier molecular flexibility index (Phi) is 7.76. The van der Waals surface area contributed by atoms with Gasteiger partial charge in [0.05, 0.1) is 6.61 Å². The lowest BCUT2D eigenvalue weighted by molar-refractivity contribution is 0.0942. The van der Waals surface area contributed by atoms with Gasteiger partial charge >= 0.3 is 0 Å². The standard InChI is InChI=1S/C25H29N3O4/c29-25(23-19-24(32-27-23)20-7-2-1-3-8-20)26-13-6-17-30-21-9-11-22(12-10-21)31-18-16-28-14-4-5-15-28/h1-3,7-12,19H,4-6,13-18H2,(H,26,29). The van der Waals surface area contributed by atoms with E-state index in [1.165, 1.54) is 25.9 Å². The van der Waals surface area contributed by atoms with E-state index in [2.05, 4.69) is 15.4 Å². The third-order valence-electron chi connectivity index (χ3n) is 5.38. The molecule has 1 amide bonds. The zero-order valence-electron chi connectivity index (χ0n) is 18.2. The molecule has 1 N–H and O–H groups in total. The Morgan fingerprint density at radius 3 is 2.38 bits per heavy atom.